The van der Waals surface area contributed by atoms with Gasteiger partial charge in [0, 0.05) is 11.5 Å². The van der Waals surface area contributed by atoms with E-state index in [0.29, 0.717) is 23.8 Å². The first-order valence-electron chi connectivity index (χ1n) is 11.8. The van der Waals surface area contributed by atoms with Crippen LogP contribution in [0.25, 0.3) is 0 Å². The van der Waals surface area contributed by atoms with Crippen LogP contribution in [0.3, 0.4) is 0 Å². The number of carbonyl (C=O) groups is 2. The number of nitrogens with one attached hydrogen (secondary N) is 1. The maximum Gasteiger partial charge on any atom is 0.356 e. The molecule has 1 aromatic carbocycles. The summed E-state index contributed by atoms with van der Waals surface area (Å²) in [5, 5.41) is 20.8. The largest absolute Gasteiger partial charge is 0.390 e. The molecular formula is C25H31N3O4. The van der Waals surface area contributed by atoms with Gasteiger partial charge >= 0.3 is 5.97 Å². The van der Waals surface area contributed by atoms with Crippen LogP contribution in [0.15, 0.2) is 30.3 Å². The topological polar surface area (TPSA) is 103 Å². The van der Waals surface area contributed by atoms with Gasteiger partial charge in [-0.3, -0.25) is 4.79 Å². The molecule has 4 bridgehead atoms. The van der Waals surface area contributed by atoms with Crippen molar-refractivity contribution in [2.24, 2.45) is 17.3 Å². The fourth-order valence-electron chi connectivity index (χ4n) is 7.06. The van der Waals surface area contributed by atoms with E-state index in [9.17, 15) is 20.0 Å². The van der Waals surface area contributed by atoms with E-state index in [1.54, 1.807) is 36.1 Å². The zero-order valence-corrected chi connectivity index (χ0v) is 18.5. The summed E-state index contributed by atoms with van der Waals surface area (Å²) in [6.07, 6.45) is 6.63. The Morgan fingerprint density at radius 2 is 1.84 bits per heavy atom. The van der Waals surface area contributed by atoms with Gasteiger partial charge in [-0.1, -0.05) is 18.2 Å². The van der Waals surface area contributed by atoms with Crippen LogP contribution in [-0.2, 0) is 9.63 Å². The number of benzene rings is 1. The summed E-state index contributed by atoms with van der Waals surface area (Å²) in [5.74, 6) is 0.0305. The minimum Gasteiger partial charge on any atom is -0.390 e. The molecule has 170 valence electrons. The zero-order valence-electron chi connectivity index (χ0n) is 18.5. The van der Waals surface area contributed by atoms with Crippen molar-refractivity contribution in [2.75, 3.05) is 0 Å². The van der Waals surface area contributed by atoms with Crippen molar-refractivity contribution < 1.29 is 19.5 Å². The summed E-state index contributed by atoms with van der Waals surface area (Å²) >= 11 is 0. The molecule has 1 amide bonds. The van der Waals surface area contributed by atoms with Gasteiger partial charge in [-0.25, -0.2) is 4.79 Å². The monoisotopic (exact) mass is 437 g/mol. The van der Waals surface area contributed by atoms with E-state index in [1.807, 2.05) is 6.07 Å². The van der Waals surface area contributed by atoms with Crippen LogP contribution in [0.4, 0.5) is 0 Å². The van der Waals surface area contributed by atoms with Crippen molar-refractivity contribution in [2.45, 2.75) is 82.0 Å². The van der Waals surface area contributed by atoms with Gasteiger partial charge in [0.2, 0.25) is 5.91 Å². The first-order chi connectivity index (χ1) is 15.3. The Hall–Kier alpha value is -2.43. The maximum absolute atomic E-state index is 13.9. The second-order valence-corrected chi connectivity index (χ2v) is 10.6. The number of hydroxylamine groups is 1. The number of hydrogen-bond acceptors (Lipinski definition) is 6. The molecule has 5 aliphatic carbocycles. The van der Waals surface area contributed by atoms with Gasteiger partial charge in [-0.05, 0) is 82.3 Å². The SMILES string of the molecule is C[C@@H](C#N)N(C(=O)C(NOC(=O)c1ccccc1)C12CC3CC(CC(O)(C3)C1)C2)C1CC1. The van der Waals surface area contributed by atoms with Gasteiger partial charge < -0.3 is 14.8 Å². The van der Waals surface area contributed by atoms with Crippen LogP contribution in [0.2, 0.25) is 0 Å². The molecule has 5 fully saturated rings. The average Bonchev–Trinajstić information content (AvgIpc) is 3.57. The van der Waals surface area contributed by atoms with Gasteiger partial charge in [0.05, 0.1) is 17.2 Å². The van der Waals surface area contributed by atoms with Crippen LogP contribution in [0.1, 0.15) is 68.6 Å². The number of rotatable bonds is 7. The molecule has 0 saturated heterocycles. The van der Waals surface area contributed by atoms with Crippen molar-refractivity contribution in [3.63, 3.8) is 0 Å². The smallest absolute Gasteiger partial charge is 0.356 e. The molecule has 7 nitrogen and oxygen atoms in total. The van der Waals surface area contributed by atoms with E-state index in [1.165, 1.54) is 0 Å². The number of carbonyl (C=O) groups excluding carboxylic acids is 2. The van der Waals surface area contributed by atoms with E-state index in [0.717, 1.165) is 44.9 Å². The highest BCUT2D eigenvalue weighted by Gasteiger charge is 2.62. The normalized spacial score (nSPS) is 34.4. The van der Waals surface area contributed by atoms with Crippen LogP contribution < -0.4 is 5.48 Å². The molecule has 0 heterocycles. The molecule has 7 heteroatoms. The lowest BCUT2D eigenvalue weighted by molar-refractivity contribution is -0.189. The molecule has 5 aliphatic rings. The van der Waals surface area contributed by atoms with E-state index in [-0.39, 0.29) is 11.9 Å². The van der Waals surface area contributed by atoms with Gasteiger partial charge in [0.15, 0.2) is 0 Å². The Morgan fingerprint density at radius 3 is 2.41 bits per heavy atom. The summed E-state index contributed by atoms with van der Waals surface area (Å²) in [7, 11) is 0. The Labute approximate surface area is 188 Å². The van der Waals surface area contributed by atoms with Crippen molar-refractivity contribution >= 4 is 11.9 Å². The molecule has 0 aromatic heterocycles. The lowest BCUT2D eigenvalue weighted by Crippen LogP contribution is -2.66. The number of hydrogen-bond donors (Lipinski definition) is 2. The molecule has 4 atom stereocenters. The second kappa shape index (κ2) is 7.86. The third-order valence-corrected chi connectivity index (χ3v) is 8.01. The van der Waals surface area contributed by atoms with E-state index >= 15 is 0 Å². The van der Waals surface area contributed by atoms with Crippen molar-refractivity contribution in [1.29, 1.82) is 5.26 Å². The number of aliphatic hydroxyl groups is 1. The highest BCUT2D eigenvalue weighted by molar-refractivity contribution is 5.89. The molecule has 0 radical (unpaired) electrons. The van der Waals surface area contributed by atoms with E-state index in [2.05, 4.69) is 11.5 Å². The third kappa shape index (κ3) is 3.80. The molecule has 3 unspecified atom stereocenters. The zero-order chi connectivity index (χ0) is 22.5. The lowest BCUT2D eigenvalue weighted by atomic mass is 9.46. The Balaban J connectivity index is 1.44. The summed E-state index contributed by atoms with van der Waals surface area (Å²) < 4.78 is 0. The minimum atomic E-state index is -0.774. The van der Waals surface area contributed by atoms with Crippen molar-refractivity contribution in [1.82, 2.24) is 10.4 Å². The highest BCUT2D eigenvalue weighted by Crippen LogP contribution is 2.63. The van der Waals surface area contributed by atoms with Gasteiger partial charge in [0.25, 0.3) is 0 Å². The third-order valence-electron chi connectivity index (χ3n) is 8.01. The lowest BCUT2D eigenvalue weighted by Gasteiger charge is -2.62. The predicted molar refractivity (Wildman–Crippen MR) is 116 cm³/mol. The molecule has 5 saturated carbocycles. The van der Waals surface area contributed by atoms with Crippen LogP contribution >= 0.6 is 0 Å². The van der Waals surface area contributed by atoms with Crippen LogP contribution in [-0.4, -0.2) is 45.6 Å². The molecule has 6 rings (SSSR count). The van der Waals surface area contributed by atoms with Gasteiger partial charge in [-0.2, -0.15) is 5.26 Å². The first kappa shape index (κ1) is 21.4. The van der Waals surface area contributed by atoms with E-state index in [4.69, 9.17) is 4.84 Å². The Bertz CT molecular complexity index is 924. The van der Waals surface area contributed by atoms with Crippen molar-refractivity contribution in [3.05, 3.63) is 35.9 Å². The molecular weight excluding hydrogens is 406 g/mol. The molecule has 1 aromatic rings. The quantitative estimate of drug-likeness (QED) is 0.636. The molecule has 32 heavy (non-hydrogen) atoms. The number of nitriles is 1. The van der Waals surface area contributed by atoms with E-state index < -0.39 is 29.1 Å². The summed E-state index contributed by atoms with van der Waals surface area (Å²) in [6, 6.07) is 9.63. The predicted octanol–water partition coefficient (Wildman–Crippen LogP) is 2.95. The average molecular weight is 438 g/mol. The van der Waals surface area contributed by atoms with Gasteiger partial charge in [0.1, 0.15) is 12.1 Å². The Morgan fingerprint density at radius 1 is 1.19 bits per heavy atom. The highest BCUT2D eigenvalue weighted by atomic mass is 16.7. The van der Waals surface area contributed by atoms with Crippen LogP contribution in [0, 0.1) is 28.6 Å². The number of nitrogens with zero attached hydrogens (tertiary/aromatic N) is 2. The minimum absolute atomic E-state index is 0.0586. The maximum atomic E-state index is 13.9. The summed E-state index contributed by atoms with van der Waals surface area (Å²) in [6.45, 7) is 1.75. The summed E-state index contributed by atoms with van der Waals surface area (Å²) in [4.78, 5) is 33.8. The second-order valence-electron chi connectivity index (χ2n) is 10.6. The fourth-order valence-corrected chi connectivity index (χ4v) is 7.06. The first-order valence-corrected chi connectivity index (χ1v) is 11.8. The standard InChI is InChI=1S/C25H31N3O4/c1-16(14-26)28(20-7-8-20)22(29)21(27-32-23(30)19-5-3-2-4-6-19)24-10-17-9-18(11-24)13-25(31,12-17)15-24/h2-6,16-18,20-21,27,31H,7-13,15H2,1H3/t16-,17?,18?,21?,24?,25?/m0/s1. The molecule has 0 aliphatic heterocycles. The molecule has 0 spiro atoms. The Kier molecular flexibility index (Phi) is 5.26. The fraction of sp³-hybridized carbons (Fsp3) is 0.640. The summed E-state index contributed by atoms with van der Waals surface area (Å²) in [5.41, 5.74) is 2.05. The molecule has 2 N–H and O–H groups in total. The van der Waals surface area contributed by atoms with Crippen LogP contribution in [0.5, 0.6) is 0 Å². The van der Waals surface area contributed by atoms with Gasteiger partial charge in [-0.15, -0.1) is 5.48 Å². The number of amides is 1. The van der Waals surface area contributed by atoms with Crippen molar-refractivity contribution in [3.8, 4) is 6.07 Å².